The molecule has 0 aromatic heterocycles. The Hall–Kier alpha value is -2.05. The lowest BCUT2D eigenvalue weighted by Crippen LogP contribution is -2.44. The minimum atomic E-state index is -1.11. The van der Waals surface area contributed by atoms with E-state index in [0.717, 1.165) is 6.08 Å². The molecule has 0 radical (unpaired) electrons. The van der Waals surface area contributed by atoms with Gasteiger partial charge in [0.15, 0.2) is 5.78 Å². The number of allylic oxidation sites excluding steroid dienone is 1. The molecule has 1 N–H and O–H groups in total. The van der Waals surface area contributed by atoms with Crippen LogP contribution in [0, 0.1) is 0 Å². The Kier molecular flexibility index (Phi) is 6.40. The van der Waals surface area contributed by atoms with Crippen molar-refractivity contribution in [3.05, 3.63) is 11.8 Å². The molecule has 0 fully saturated rings. The zero-order chi connectivity index (χ0) is 18.5. The number of nitrogens with one attached hydrogen (secondary N) is 1. The molecule has 1 amide bonds. The largest absolute Gasteiger partial charge is 0.456 e. The van der Waals surface area contributed by atoms with Crippen molar-refractivity contribution < 1.29 is 28.6 Å². The monoisotopic (exact) mass is 341 g/mol. The molecule has 136 valence electrons. The third-order valence-corrected chi connectivity index (χ3v) is 3.01. The van der Waals surface area contributed by atoms with Crippen LogP contribution in [0.1, 0.15) is 60.8 Å². The molecule has 24 heavy (non-hydrogen) atoms. The maximum absolute atomic E-state index is 12.5. The molecular weight excluding hydrogens is 314 g/mol. The van der Waals surface area contributed by atoms with E-state index in [0.29, 0.717) is 12.8 Å². The number of amides is 1. The van der Waals surface area contributed by atoms with Gasteiger partial charge in [0.1, 0.15) is 11.4 Å². The molecule has 0 aliphatic carbocycles. The first-order valence-electron chi connectivity index (χ1n) is 8.06. The van der Waals surface area contributed by atoms with Crippen molar-refractivity contribution in [2.75, 3.05) is 0 Å². The molecule has 0 bridgehead atoms. The Bertz CT molecular complexity index is 530. The molecule has 7 nitrogen and oxygen atoms in total. The van der Waals surface area contributed by atoms with E-state index in [1.807, 2.05) is 6.92 Å². The Morgan fingerprint density at radius 2 is 1.92 bits per heavy atom. The third-order valence-electron chi connectivity index (χ3n) is 3.01. The standard InChI is InChI=1S/C17H27NO6/c1-7-8-12(18-15(21)24-16(2,3)4)13(19)9-11-10-14(20)23-17(5,6)22-11/h10,12H,7-9H2,1-6H3,(H,18,21)/t12-/m1/s1. The second kappa shape index (κ2) is 7.68. The zero-order valence-corrected chi connectivity index (χ0v) is 15.2. The van der Waals surface area contributed by atoms with Crippen LogP contribution in [0.3, 0.4) is 0 Å². The van der Waals surface area contributed by atoms with Crippen LogP contribution in [0.5, 0.6) is 0 Å². The van der Waals surface area contributed by atoms with E-state index >= 15 is 0 Å². The van der Waals surface area contributed by atoms with Crippen LogP contribution in [-0.4, -0.2) is 35.3 Å². The van der Waals surface area contributed by atoms with Crippen molar-refractivity contribution in [3.8, 4) is 0 Å². The summed E-state index contributed by atoms with van der Waals surface area (Å²) in [5.74, 6) is -1.69. The number of ether oxygens (including phenoxy) is 3. The van der Waals surface area contributed by atoms with Gasteiger partial charge in [-0.05, 0) is 27.2 Å². The summed E-state index contributed by atoms with van der Waals surface area (Å²) in [5, 5.41) is 2.59. The summed E-state index contributed by atoms with van der Waals surface area (Å²) < 4.78 is 15.6. The highest BCUT2D eigenvalue weighted by molar-refractivity contribution is 5.91. The lowest BCUT2D eigenvalue weighted by Gasteiger charge is -2.31. The van der Waals surface area contributed by atoms with Crippen LogP contribution in [0.15, 0.2) is 11.8 Å². The highest BCUT2D eigenvalue weighted by Gasteiger charge is 2.32. The Labute approximate surface area is 142 Å². The molecule has 0 saturated carbocycles. The average molecular weight is 341 g/mol. The molecule has 1 atom stereocenters. The fourth-order valence-electron chi connectivity index (χ4n) is 2.20. The SMILES string of the molecule is CCC[C@@H](NC(=O)OC(C)(C)C)C(=O)CC1=CC(=O)OC(C)(C)O1. The minimum Gasteiger partial charge on any atom is -0.456 e. The van der Waals surface area contributed by atoms with Gasteiger partial charge in [0.25, 0.3) is 0 Å². The first kappa shape index (κ1) is 20.0. The Balaban J connectivity index is 2.73. The minimum absolute atomic E-state index is 0.0982. The molecule has 1 rings (SSSR count). The lowest BCUT2D eigenvalue weighted by molar-refractivity contribution is -0.205. The second-order valence-electron chi connectivity index (χ2n) is 7.16. The van der Waals surface area contributed by atoms with Gasteiger partial charge < -0.3 is 19.5 Å². The van der Waals surface area contributed by atoms with Crippen molar-refractivity contribution in [2.24, 2.45) is 0 Å². The van der Waals surface area contributed by atoms with E-state index < -0.39 is 29.5 Å². The van der Waals surface area contributed by atoms with E-state index in [9.17, 15) is 14.4 Å². The number of hydrogen-bond acceptors (Lipinski definition) is 6. The van der Waals surface area contributed by atoms with Crippen molar-refractivity contribution >= 4 is 17.8 Å². The molecule has 7 heteroatoms. The number of esters is 1. The average Bonchev–Trinajstić information content (AvgIpc) is 2.33. The summed E-state index contributed by atoms with van der Waals surface area (Å²) in [4.78, 5) is 35.9. The molecule has 0 unspecified atom stereocenters. The summed E-state index contributed by atoms with van der Waals surface area (Å²) in [7, 11) is 0. The van der Waals surface area contributed by atoms with Crippen LogP contribution in [-0.2, 0) is 23.8 Å². The van der Waals surface area contributed by atoms with E-state index in [1.165, 1.54) is 0 Å². The van der Waals surface area contributed by atoms with Crippen molar-refractivity contribution in [3.63, 3.8) is 0 Å². The zero-order valence-electron chi connectivity index (χ0n) is 15.2. The predicted molar refractivity (Wildman–Crippen MR) is 87.0 cm³/mol. The fourth-order valence-corrected chi connectivity index (χ4v) is 2.20. The number of carbonyl (C=O) groups is 3. The number of alkyl carbamates (subject to hydrolysis) is 1. The van der Waals surface area contributed by atoms with Crippen molar-refractivity contribution in [2.45, 2.75) is 78.2 Å². The normalized spacial score (nSPS) is 17.9. The Morgan fingerprint density at radius 3 is 2.42 bits per heavy atom. The van der Waals surface area contributed by atoms with Gasteiger partial charge in [-0.1, -0.05) is 13.3 Å². The first-order valence-corrected chi connectivity index (χ1v) is 8.06. The topological polar surface area (TPSA) is 90.9 Å². The van der Waals surface area contributed by atoms with Gasteiger partial charge in [0.05, 0.1) is 18.5 Å². The van der Waals surface area contributed by atoms with Crippen LogP contribution >= 0.6 is 0 Å². The maximum atomic E-state index is 12.5. The third kappa shape index (κ3) is 7.02. The summed E-state index contributed by atoms with van der Waals surface area (Å²) in [6.07, 6.45) is 1.59. The quantitative estimate of drug-likeness (QED) is 0.747. The van der Waals surface area contributed by atoms with Crippen LogP contribution < -0.4 is 5.32 Å². The molecule has 0 aromatic rings. The van der Waals surface area contributed by atoms with Gasteiger partial charge in [0.2, 0.25) is 5.79 Å². The first-order chi connectivity index (χ1) is 10.9. The van der Waals surface area contributed by atoms with E-state index in [1.54, 1.807) is 34.6 Å². The molecule has 0 spiro atoms. The highest BCUT2D eigenvalue weighted by atomic mass is 16.7. The predicted octanol–water partition coefficient (Wildman–Crippen LogP) is 2.83. The molecular formula is C17H27NO6. The van der Waals surface area contributed by atoms with Crippen LogP contribution in [0.2, 0.25) is 0 Å². The van der Waals surface area contributed by atoms with E-state index in [-0.39, 0.29) is 18.0 Å². The number of ketones is 1. The summed E-state index contributed by atoms with van der Waals surface area (Å²) in [6.45, 7) is 10.3. The Morgan fingerprint density at radius 1 is 1.29 bits per heavy atom. The molecule has 1 aliphatic heterocycles. The molecule has 1 aliphatic rings. The number of rotatable bonds is 6. The smallest absolute Gasteiger partial charge is 0.408 e. The lowest BCUT2D eigenvalue weighted by atomic mass is 10.0. The molecule has 0 aromatic carbocycles. The van der Waals surface area contributed by atoms with E-state index in [2.05, 4.69) is 5.32 Å². The summed E-state index contributed by atoms with van der Waals surface area (Å²) in [5.41, 5.74) is -0.646. The number of carbonyl (C=O) groups excluding carboxylic acids is 3. The van der Waals surface area contributed by atoms with Gasteiger partial charge in [0, 0.05) is 13.8 Å². The van der Waals surface area contributed by atoms with Gasteiger partial charge >= 0.3 is 12.1 Å². The number of hydrogen-bond donors (Lipinski definition) is 1. The van der Waals surface area contributed by atoms with E-state index in [4.69, 9.17) is 14.2 Å². The maximum Gasteiger partial charge on any atom is 0.408 e. The second-order valence-corrected chi connectivity index (χ2v) is 7.16. The highest BCUT2D eigenvalue weighted by Crippen LogP contribution is 2.24. The van der Waals surface area contributed by atoms with Crippen LogP contribution in [0.25, 0.3) is 0 Å². The van der Waals surface area contributed by atoms with Crippen LogP contribution in [0.4, 0.5) is 4.79 Å². The number of cyclic esters (lactones) is 1. The number of Topliss-reactive ketones (excluding diaryl/α,β-unsaturated/α-hetero) is 1. The van der Waals surface area contributed by atoms with Gasteiger partial charge in [-0.25, -0.2) is 9.59 Å². The van der Waals surface area contributed by atoms with Crippen molar-refractivity contribution in [1.82, 2.24) is 5.32 Å². The molecule has 1 heterocycles. The van der Waals surface area contributed by atoms with Gasteiger partial charge in [-0.2, -0.15) is 0 Å². The van der Waals surface area contributed by atoms with Gasteiger partial charge in [-0.3, -0.25) is 4.79 Å². The summed E-state index contributed by atoms with van der Waals surface area (Å²) in [6, 6.07) is -0.699. The molecule has 0 saturated heterocycles. The van der Waals surface area contributed by atoms with Gasteiger partial charge in [-0.15, -0.1) is 0 Å². The fraction of sp³-hybridized carbons (Fsp3) is 0.706. The van der Waals surface area contributed by atoms with Crippen molar-refractivity contribution in [1.29, 1.82) is 0 Å². The summed E-state index contributed by atoms with van der Waals surface area (Å²) >= 11 is 0.